The molecule has 4 heteroatoms. The molecule has 2 N–H and O–H groups in total. The Morgan fingerprint density at radius 1 is 1.18 bits per heavy atom. The second-order valence-corrected chi connectivity index (χ2v) is 5.22. The fourth-order valence-corrected chi connectivity index (χ4v) is 1.76. The van der Waals surface area contributed by atoms with E-state index in [-0.39, 0.29) is 0 Å². The Balaban J connectivity index is 3.72. The van der Waals surface area contributed by atoms with Gasteiger partial charge in [-0.05, 0) is 66.5 Å². The minimum absolute atomic E-state index is 0.664. The standard InChI is InChI=1S/C13H28N4/c1-5-17(11-7-9-16(3)4)10-6-8-13(2,15)12-14/h5-11,15H2,1-4H3. The van der Waals surface area contributed by atoms with Crippen LogP contribution in [0.1, 0.15) is 33.1 Å². The first-order valence-electron chi connectivity index (χ1n) is 6.48. The van der Waals surface area contributed by atoms with Crippen molar-refractivity contribution in [2.24, 2.45) is 5.73 Å². The van der Waals surface area contributed by atoms with E-state index in [4.69, 9.17) is 11.0 Å². The van der Waals surface area contributed by atoms with Crippen LogP contribution in [-0.2, 0) is 0 Å². The highest BCUT2D eigenvalue weighted by molar-refractivity contribution is 5.00. The highest BCUT2D eigenvalue weighted by Gasteiger charge is 2.16. The summed E-state index contributed by atoms with van der Waals surface area (Å²) in [7, 11) is 4.20. The van der Waals surface area contributed by atoms with Gasteiger partial charge in [-0.1, -0.05) is 6.92 Å². The number of nitrogens with two attached hydrogens (primary N) is 1. The smallest absolute Gasteiger partial charge is 0.101 e. The molecule has 4 nitrogen and oxygen atoms in total. The third-order valence-corrected chi connectivity index (χ3v) is 2.95. The summed E-state index contributed by atoms with van der Waals surface area (Å²) in [5.74, 6) is 0. The zero-order valence-corrected chi connectivity index (χ0v) is 11.9. The Morgan fingerprint density at radius 3 is 2.24 bits per heavy atom. The van der Waals surface area contributed by atoms with Crippen LogP contribution in [0.3, 0.4) is 0 Å². The maximum atomic E-state index is 8.82. The minimum atomic E-state index is -0.664. The zero-order valence-electron chi connectivity index (χ0n) is 11.9. The van der Waals surface area contributed by atoms with Gasteiger partial charge in [0.25, 0.3) is 0 Å². The molecular formula is C13H28N4. The van der Waals surface area contributed by atoms with Gasteiger partial charge in [-0.3, -0.25) is 0 Å². The average molecular weight is 240 g/mol. The van der Waals surface area contributed by atoms with Crippen molar-refractivity contribution in [2.45, 2.75) is 38.6 Å². The molecule has 0 bridgehead atoms. The summed E-state index contributed by atoms with van der Waals surface area (Å²) in [5, 5.41) is 8.82. The maximum absolute atomic E-state index is 8.82. The van der Waals surface area contributed by atoms with Crippen LogP contribution in [-0.4, -0.2) is 55.6 Å². The normalized spacial score (nSPS) is 14.9. The van der Waals surface area contributed by atoms with Gasteiger partial charge in [0.2, 0.25) is 0 Å². The number of hydrogen-bond donors (Lipinski definition) is 1. The van der Waals surface area contributed by atoms with Crippen LogP contribution in [0.4, 0.5) is 0 Å². The summed E-state index contributed by atoms with van der Waals surface area (Å²) in [6, 6.07) is 2.14. The van der Waals surface area contributed by atoms with E-state index in [1.807, 2.05) is 0 Å². The van der Waals surface area contributed by atoms with Crippen LogP contribution in [0.15, 0.2) is 0 Å². The molecule has 0 amide bonds. The fourth-order valence-electron chi connectivity index (χ4n) is 1.76. The molecule has 17 heavy (non-hydrogen) atoms. The third-order valence-electron chi connectivity index (χ3n) is 2.95. The molecule has 0 aliphatic heterocycles. The molecule has 0 radical (unpaired) electrons. The monoisotopic (exact) mass is 240 g/mol. The van der Waals surface area contributed by atoms with Crippen molar-refractivity contribution in [1.29, 1.82) is 5.26 Å². The molecule has 0 aromatic rings. The van der Waals surface area contributed by atoms with Gasteiger partial charge in [0.1, 0.15) is 5.54 Å². The Hall–Kier alpha value is -0.630. The predicted molar refractivity (Wildman–Crippen MR) is 72.7 cm³/mol. The highest BCUT2D eigenvalue weighted by atomic mass is 15.1. The molecule has 0 aromatic heterocycles. The largest absolute Gasteiger partial charge is 0.314 e. The van der Waals surface area contributed by atoms with Gasteiger partial charge in [-0.25, -0.2) is 0 Å². The zero-order chi connectivity index (χ0) is 13.3. The number of nitriles is 1. The van der Waals surface area contributed by atoms with E-state index in [1.54, 1.807) is 6.92 Å². The second-order valence-electron chi connectivity index (χ2n) is 5.22. The molecule has 0 saturated carbocycles. The van der Waals surface area contributed by atoms with Gasteiger partial charge in [0.05, 0.1) is 6.07 Å². The Kier molecular flexibility index (Phi) is 8.15. The van der Waals surface area contributed by atoms with E-state index in [1.165, 1.54) is 6.42 Å². The van der Waals surface area contributed by atoms with Crippen LogP contribution < -0.4 is 5.73 Å². The van der Waals surface area contributed by atoms with Gasteiger partial charge < -0.3 is 15.5 Å². The Labute approximate surface area is 106 Å². The first kappa shape index (κ1) is 16.4. The molecule has 0 fully saturated rings. The van der Waals surface area contributed by atoms with Crippen molar-refractivity contribution >= 4 is 0 Å². The SMILES string of the molecule is CCN(CCCN(C)C)CCCC(C)(N)C#N. The van der Waals surface area contributed by atoms with Crippen molar-refractivity contribution < 1.29 is 0 Å². The molecular weight excluding hydrogens is 212 g/mol. The molecule has 0 heterocycles. The molecule has 0 aromatic carbocycles. The lowest BCUT2D eigenvalue weighted by Crippen LogP contribution is -2.36. The summed E-state index contributed by atoms with van der Waals surface area (Å²) < 4.78 is 0. The lowest BCUT2D eigenvalue weighted by atomic mass is 9.99. The Morgan fingerprint density at radius 2 is 1.76 bits per heavy atom. The van der Waals surface area contributed by atoms with Gasteiger partial charge in [-0.2, -0.15) is 5.26 Å². The summed E-state index contributed by atoms with van der Waals surface area (Å²) in [6.07, 6.45) is 2.96. The highest BCUT2D eigenvalue weighted by Crippen LogP contribution is 2.08. The lowest BCUT2D eigenvalue weighted by Gasteiger charge is -2.23. The van der Waals surface area contributed by atoms with Crippen LogP contribution in [0.2, 0.25) is 0 Å². The van der Waals surface area contributed by atoms with Gasteiger partial charge >= 0.3 is 0 Å². The topological polar surface area (TPSA) is 56.3 Å². The third kappa shape index (κ3) is 9.11. The maximum Gasteiger partial charge on any atom is 0.101 e. The average Bonchev–Trinajstić information content (AvgIpc) is 2.26. The van der Waals surface area contributed by atoms with Crippen LogP contribution in [0, 0.1) is 11.3 Å². The number of hydrogen-bond acceptors (Lipinski definition) is 4. The molecule has 0 spiro atoms. The first-order chi connectivity index (χ1) is 7.91. The van der Waals surface area contributed by atoms with Crippen molar-refractivity contribution in [3.63, 3.8) is 0 Å². The summed E-state index contributed by atoms with van der Waals surface area (Å²) in [6.45, 7) is 8.35. The first-order valence-corrected chi connectivity index (χ1v) is 6.48. The van der Waals surface area contributed by atoms with Gasteiger partial charge in [-0.15, -0.1) is 0 Å². The summed E-state index contributed by atoms with van der Waals surface area (Å²) in [5.41, 5.74) is 5.13. The van der Waals surface area contributed by atoms with Crippen molar-refractivity contribution in [3.05, 3.63) is 0 Å². The van der Waals surface area contributed by atoms with Crippen LogP contribution in [0.5, 0.6) is 0 Å². The molecule has 0 aliphatic rings. The molecule has 0 aliphatic carbocycles. The number of rotatable bonds is 9. The van der Waals surface area contributed by atoms with E-state index < -0.39 is 5.54 Å². The minimum Gasteiger partial charge on any atom is -0.314 e. The van der Waals surface area contributed by atoms with Crippen molar-refractivity contribution in [3.8, 4) is 6.07 Å². The van der Waals surface area contributed by atoms with Gasteiger partial charge in [0, 0.05) is 0 Å². The van der Waals surface area contributed by atoms with E-state index >= 15 is 0 Å². The second kappa shape index (κ2) is 8.46. The van der Waals surface area contributed by atoms with Gasteiger partial charge in [0.15, 0.2) is 0 Å². The van der Waals surface area contributed by atoms with E-state index in [0.717, 1.165) is 39.0 Å². The van der Waals surface area contributed by atoms with E-state index in [9.17, 15) is 0 Å². The Bertz CT molecular complexity index is 230. The lowest BCUT2D eigenvalue weighted by molar-refractivity contribution is 0.257. The van der Waals surface area contributed by atoms with E-state index in [2.05, 4.69) is 36.9 Å². The van der Waals surface area contributed by atoms with Crippen LogP contribution >= 0.6 is 0 Å². The van der Waals surface area contributed by atoms with Crippen molar-refractivity contribution in [2.75, 3.05) is 40.3 Å². The summed E-state index contributed by atoms with van der Waals surface area (Å²) in [4.78, 5) is 4.64. The molecule has 100 valence electrons. The molecule has 1 unspecified atom stereocenters. The molecule has 0 rings (SSSR count). The van der Waals surface area contributed by atoms with E-state index in [0.29, 0.717) is 0 Å². The van der Waals surface area contributed by atoms with Crippen LogP contribution in [0.25, 0.3) is 0 Å². The fraction of sp³-hybridized carbons (Fsp3) is 0.923. The summed E-state index contributed by atoms with van der Waals surface area (Å²) >= 11 is 0. The van der Waals surface area contributed by atoms with Crippen molar-refractivity contribution in [1.82, 2.24) is 9.80 Å². The quantitative estimate of drug-likeness (QED) is 0.659. The molecule has 0 saturated heterocycles. The molecule has 1 atom stereocenters. The predicted octanol–water partition coefficient (Wildman–Crippen LogP) is 1.28. The number of nitrogens with zero attached hydrogens (tertiary/aromatic N) is 3.